The van der Waals surface area contributed by atoms with Crippen molar-refractivity contribution in [2.75, 3.05) is 0 Å². The first kappa shape index (κ1) is 20.0. The second kappa shape index (κ2) is 7.15. The van der Waals surface area contributed by atoms with Crippen LogP contribution in [0.15, 0.2) is 35.3 Å². The van der Waals surface area contributed by atoms with Gasteiger partial charge in [-0.15, -0.1) is 0 Å². The predicted octanol–water partition coefficient (Wildman–Crippen LogP) is 6.50. The topological polar surface area (TPSA) is 21.6 Å². The van der Waals surface area contributed by atoms with Gasteiger partial charge in [0.2, 0.25) is 0 Å². The van der Waals surface area contributed by atoms with Crippen molar-refractivity contribution in [1.82, 2.24) is 0 Å². The Morgan fingerprint density at radius 2 is 1.46 bits per heavy atom. The van der Waals surface area contributed by atoms with Crippen molar-refractivity contribution in [1.29, 1.82) is 0 Å². The van der Waals surface area contributed by atoms with E-state index in [1.54, 1.807) is 0 Å². The molecule has 1 heterocycles. The Balaban J connectivity index is 2.57. The first-order chi connectivity index (χ1) is 11.0. The Kier molecular flexibility index (Phi) is 5.96. The molecule has 0 saturated heterocycles. The van der Waals surface area contributed by atoms with Crippen molar-refractivity contribution < 1.29 is 4.52 Å². The van der Waals surface area contributed by atoms with Gasteiger partial charge in [-0.3, -0.25) is 0 Å². The van der Waals surface area contributed by atoms with Gasteiger partial charge in [-0.25, -0.2) is 4.99 Å². The van der Waals surface area contributed by atoms with Crippen LogP contribution in [-0.4, -0.2) is 32.2 Å². The van der Waals surface area contributed by atoms with Crippen molar-refractivity contribution >= 4 is 29.7 Å². The van der Waals surface area contributed by atoms with Crippen molar-refractivity contribution in [3.8, 4) is 0 Å². The Morgan fingerprint density at radius 1 is 0.958 bits per heavy atom. The van der Waals surface area contributed by atoms with Gasteiger partial charge in [-0.1, -0.05) is 83.5 Å². The van der Waals surface area contributed by atoms with Crippen LogP contribution in [-0.2, 0) is 4.52 Å². The molecule has 0 bridgehead atoms. The molecule has 24 heavy (non-hydrogen) atoms. The van der Waals surface area contributed by atoms with Gasteiger partial charge in [0.05, 0.1) is 29.7 Å². The third kappa shape index (κ3) is 4.09. The van der Waals surface area contributed by atoms with Gasteiger partial charge < -0.3 is 4.52 Å². The highest BCUT2D eigenvalue weighted by Crippen LogP contribution is 2.60. The van der Waals surface area contributed by atoms with Crippen LogP contribution in [0.4, 0.5) is 0 Å². The van der Waals surface area contributed by atoms with E-state index >= 15 is 0 Å². The smallest absolute Gasteiger partial charge is 0.163 e. The van der Waals surface area contributed by atoms with E-state index in [2.05, 4.69) is 83.5 Å². The molecule has 1 aliphatic rings. The summed E-state index contributed by atoms with van der Waals surface area (Å²) in [6, 6.07) is 10.8. The summed E-state index contributed by atoms with van der Waals surface area (Å²) in [5.74, 6) is 0. The van der Waals surface area contributed by atoms with E-state index in [0.717, 1.165) is 17.7 Å². The highest BCUT2D eigenvalue weighted by molar-refractivity contribution is 7.77. The number of nitrogens with zero attached hydrogens (tertiary/aromatic N) is 1. The molecule has 5 heteroatoms. The van der Waals surface area contributed by atoms with Gasteiger partial charge in [0.1, 0.15) is 0 Å². The van der Waals surface area contributed by atoms with Crippen LogP contribution in [0.5, 0.6) is 0 Å². The molecule has 0 radical (unpaired) electrons. The van der Waals surface area contributed by atoms with E-state index in [-0.39, 0.29) is 5.72 Å². The van der Waals surface area contributed by atoms with E-state index in [1.807, 2.05) is 0 Å². The van der Waals surface area contributed by atoms with E-state index in [4.69, 9.17) is 9.52 Å². The van der Waals surface area contributed by atoms with E-state index in [9.17, 15) is 0 Å². The summed E-state index contributed by atoms with van der Waals surface area (Å²) in [5.41, 5.74) is 2.24. The third-order valence-corrected chi connectivity index (χ3v) is 21.1. The predicted molar refractivity (Wildman–Crippen MR) is 115 cm³/mol. The van der Waals surface area contributed by atoms with Crippen molar-refractivity contribution in [2.24, 2.45) is 4.99 Å². The minimum Gasteiger partial charge on any atom is -0.325 e. The van der Waals surface area contributed by atoms with Gasteiger partial charge in [0.15, 0.2) is 5.72 Å². The molecule has 0 amide bonds. The van der Waals surface area contributed by atoms with Crippen LogP contribution >= 0.6 is 8.15 Å². The normalized spacial score (nSPS) is 21.2. The first-order valence-electron chi connectivity index (χ1n) is 9.18. The molecular weight excluding hydrogens is 345 g/mol. The molecule has 0 N–H and O–H groups in total. The lowest BCUT2D eigenvalue weighted by Gasteiger charge is -2.42. The zero-order valence-electron chi connectivity index (χ0n) is 16.7. The van der Waals surface area contributed by atoms with E-state index < -0.39 is 24.3 Å². The largest absolute Gasteiger partial charge is 0.325 e. The number of rotatable bonds is 6. The lowest BCUT2D eigenvalue weighted by Crippen LogP contribution is -2.53. The van der Waals surface area contributed by atoms with Crippen molar-refractivity contribution in [3.63, 3.8) is 0 Å². The summed E-state index contributed by atoms with van der Waals surface area (Å²) in [6.07, 6.45) is 1.92. The van der Waals surface area contributed by atoms with Crippen LogP contribution in [0.25, 0.3) is 0 Å². The number of benzene rings is 1. The molecule has 1 aromatic rings. The van der Waals surface area contributed by atoms with E-state index in [0.29, 0.717) is 0 Å². The standard InChI is InChI=1S/C19H34NOPSi2/c1-9-19(10-2)20-17(16-14-12-11-13-15-16)22(21-19)18(23(3,4)5)24(6,7)8/h11-15,18H,9-10H2,1-8H3. The fourth-order valence-corrected chi connectivity index (χ4v) is 22.8. The van der Waals surface area contributed by atoms with Crippen LogP contribution < -0.4 is 0 Å². The Morgan fingerprint density at radius 3 is 1.88 bits per heavy atom. The quantitative estimate of drug-likeness (QED) is 0.408. The SMILES string of the molecule is CCC1(CC)N=C(c2ccccc2)P(C([Si](C)(C)C)[Si](C)(C)C)O1. The lowest BCUT2D eigenvalue weighted by atomic mass is 10.1. The highest BCUT2D eigenvalue weighted by atomic mass is 31.1. The van der Waals surface area contributed by atoms with Gasteiger partial charge in [0.25, 0.3) is 0 Å². The molecule has 1 atom stereocenters. The maximum atomic E-state index is 6.86. The summed E-state index contributed by atoms with van der Waals surface area (Å²) in [5, 5.41) is 0. The summed E-state index contributed by atoms with van der Waals surface area (Å²) >= 11 is 0. The Bertz CT molecular complexity index is 572. The molecule has 0 fully saturated rings. The zero-order chi connectivity index (χ0) is 18.2. The molecule has 2 rings (SSSR count). The van der Waals surface area contributed by atoms with Crippen LogP contribution in [0, 0.1) is 0 Å². The summed E-state index contributed by atoms with van der Waals surface area (Å²) in [4.78, 5) is 5.95. The zero-order valence-corrected chi connectivity index (χ0v) is 19.6. The first-order valence-corrected chi connectivity index (χ1v) is 17.7. The average Bonchev–Trinajstić information content (AvgIpc) is 2.85. The molecule has 1 aliphatic heterocycles. The second-order valence-corrected chi connectivity index (χ2v) is 22.9. The maximum Gasteiger partial charge on any atom is 0.163 e. The lowest BCUT2D eigenvalue weighted by molar-refractivity contribution is 0.0963. The van der Waals surface area contributed by atoms with Gasteiger partial charge in [0, 0.05) is 5.56 Å². The number of hydrogen-bond acceptors (Lipinski definition) is 2. The summed E-state index contributed by atoms with van der Waals surface area (Å²) in [6.45, 7) is 19.5. The van der Waals surface area contributed by atoms with Crippen LogP contribution in [0.1, 0.15) is 32.3 Å². The molecule has 1 aromatic carbocycles. The van der Waals surface area contributed by atoms with Crippen molar-refractivity contribution in [3.05, 3.63) is 35.9 Å². The maximum absolute atomic E-state index is 6.86. The second-order valence-electron chi connectivity index (χ2n) is 9.01. The fraction of sp³-hybridized carbons (Fsp3) is 0.632. The van der Waals surface area contributed by atoms with Crippen molar-refractivity contribution in [2.45, 2.75) is 76.6 Å². The summed E-state index contributed by atoms with van der Waals surface area (Å²) < 4.78 is 6.86. The molecule has 1 unspecified atom stereocenters. The van der Waals surface area contributed by atoms with Gasteiger partial charge in [-0.05, 0) is 17.7 Å². The number of aliphatic imine (C=N–C) groups is 1. The molecule has 0 saturated carbocycles. The molecule has 0 spiro atoms. The molecule has 0 aliphatic carbocycles. The van der Waals surface area contributed by atoms with Gasteiger partial charge >= 0.3 is 0 Å². The van der Waals surface area contributed by atoms with Gasteiger partial charge in [-0.2, -0.15) is 0 Å². The number of hydrogen-bond donors (Lipinski definition) is 0. The molecular formula is C19H34NOPSi2. The average molecular weight is 380 g/mol. The third-order valence-electron chi connectivity index (χ3n) is 4.80. The summed E-state index contributed by atoms with van der Waals surface area (Å²) in [7, 11) is -3.38. The monoisotopic (exact) mass is 379 g/mol. The van der Waals surface area contributed by atoms with Crippen LogP contribution in [0.2, 0.25) is 39.3 Å². The Labute approximate surface area is 152 Å². The Hall–Kier alpha value is -0.286. The minimum absolute atomic E-state index is 0.297. The van der Waals surface area contributed by atoms with Crippen LogP contribution in [0.3, 0.4) is 0 Å². The molecule has 134 valence electrons. The minimum atomic E-state index is -1.37. The molecule has 0 aromatic heterocycles. The molecule has 2 nitrogen and oxygen atoms in total. The highest BCUT2D eigenvalue weighted by Gasteiger charge is 2.51. The fourth-order valence-electron chi connectivity index (χ4n) is 3.98. The van der Waals surface area contributed by atoms with E-state index in [1.165, 1.54) is 11.0 Å².